The Labute approximate surface area is 115 Å². The molecular formula is C15H23N3O. The average molecular weight is 261 g/mol. The standard InChI is InChI=1S/C15H23N3O/c1-11-6-5-8-13(16)14(11)15(19)17-10-12-7-3-4-9-18(12)2/h5-6,8,12H,3-4,7,9-10,16H2,1-2H3,(H,17,19). The summed E-state index contributed by atoms with van der Waals surface area (Å²) in [6.07, 6.45) is 3.66. The molecule has 0 aliphatic carbocycles. The van der Waals surface area contributed by atoms with Crippen molar-refractivity contribution in [2.75, 3.05) is 25.9 Å². The van der Waals surface area contributed by atoms with Crippen LogP contribution in [0.15, 0.2) is 18.2 Å². The molecule has 19 heavy (non-hydrogen) atoms. The first-order valence-corrected chi connectivity index (χ1v) is 6.93. The minimum Gasteiger partial charge on any atom is -0.398 e. The van der Waals surface area contributed by atoms with Crippen LogP contribution < -0.4 is 11.1 Å². The van der Waals surface area contributed by atoms with Gasteiger partial charge < -0.3 is 16.0 Å². The summed E-state index contributed by atoms with van der Waals surface area (Å²) >= 11 is 0. The van der Waals surface area contributed by atoms with Gasteiger partial charge in [-0.2, -0.15) is 0 Å². The number of carbonyl (C=O) groups is 1. The van der Waals surface area contributed by atoms with Crippen LogP contribution in [0, 0.1) is 6.92 Å². The molecule has 0 spiro atoms. The Morgan fingerprint density at radius 1 is 1.47 bits per heavy atom. The van der Waals surface area contributed by atoms with Gasteiger partial charge in [-0.25, -0.2) is 0 Å². The van der Waals surface area contributed by atoms with Crippen molar-refractivity contribution in [3.8, 4) is 0 Å². The molecule has 1 atom stereocenters. The lowest BCUT2D eigenvalue weighted by molar-refractivity contribution is 0.0929. The molecule has 0 aromatic heterocycles. The van der Waals surface area contributed by atoms with Gasteiger partial charge in [0.2, 0.25) is 0 Å². The van der Waals surface area contributed by atoms with E-state index in [0.29, 0.717) is 23.8 Å². The third-order valence-corrected chi connectivity index (χ3v) is 3.95. The maximum atomic E-state index is 12.2. The van der Waals surface area contributed by atoms with Gasteiger partial charge in [0.1, 0.15) is 0 Å². The predicted octanol–water partition coefficient (Wildman–Crippen LogP) is 1.79. The minimum absolute atomic E-state index is 0.0606. The topological polar surface area (TPSA) is 58.4 Å². The molecule has 3 N–H and O–H groups in total. The Kier molecular flexibility index (Phi) is 4.43. The predicted molar refractivity (Wildman–Crippen MR) is 78.2 cm³/mol. The highest BCUT2D eigenvalue weighted by Crippen LogP contribution is 2.17. The number of nitrogen functional groups attached to an aromatic ring is 1. The number of carbonyl (C=O) groups excluding carboxylic acids is 1. The maximum Gasteiger partial charge on any atom is 0.253 e. The van der Waals surface area contributed by atoms with Gasteiger partial charge >= 0.3 is 0 Å². The van der Waals surface area contributed by atoms with Crippen LogP contribution in [-0.2, 0) is 0 Å². The normalized spacial score (nSPS) is 20.2. The lowest BCUT2D eigenvalue weighted by Crippen LogP contribution is -2.44. The Balaban J connectivity index is 1.97. The highest BCUT2D eigenvalue weighted by molar-refractivity contribution is 6.00. The number of nitrogens with one attached hydrogen (secondary N) is 1. The number of rotatable bonds is 3. The lowest BCUT2D eigenvalue weighted by atomic mass is 10.0. The van der Waals surface area contributed by atoms with Crippen molar-refractivity contribution in [3.05, 3.63) is 29.3 Å². The first-order valence-electron chi connectivity index (χ1n) is 6.93. The largest absolute Gasteiger partial charge is 0.398 e. The number of piperidine rings is 1. The fraction of sp³-hybridized carbons (Fsp3) is 0.533. The first-order chi connectivity index (χ1) is 9.09. The molecule has 1 saturated heterocycles. The van der Waals surface area contributed by atoms with Gasteiger partial charge in [0.25, 0.3) is 5.91 Å². The number of likely N-dealkylation sites (tertiary alicyclic amines) is 1. The van der Waals surface area contributed by atoms with Crippen LogP contribution in [0.25, 0.3) is 0 Å². The van der Waals surface area contributed by atoms with E-state index in [2.05, 4.69) is 17.3 Å². The fourth-order valence-electron chi connectivity index (χ4n) is 2.70. The van der Waals surface area contributed by atoms with E-state index in [1.807, 2.05) is 19.1 Å². The van der Waals surface area contributed by atoms with Crippen molar-refractivity contribution in [2.45, 2.75) is 32.2 Å². The third-order valence-electron chi connectivity index (χ3n) is 3.95. The van der Waals surface area contributed by atoms with Gasteiger partial charge in [0, 0.05) is 18.3 Å². The van der Waals surface area contributed by atoms with Crippen LogP contribution in [0.1, 0.15) is 35.2 Å². The molecule has 1 amide bonds. The van der Waals surface area contributed by atoms with Gasteiger partial charge in [0.05, 0.1) is 5.56 Å². The van der Waals surface area contributed by atoms with E-state index < -0.39 is 0 Å². The van der Waals surface area contributed by atoms with E-state index >= 15 is 0 Å². The second-order valence-electron chi connectivity index (χ2n) is 5.38. The maximum absolute atomic E-state index is 12.2. The van der Waals surface area contributed by atoms with Gasteiger partial charge in [-0.1, -0.05) is 18.6 Å². The molecule has 1 aromatic carbocycles. The summed E-state index contributed by atoms with van der Waals surface area (Å²) in [5.41, 5.74) is 7.98. The molecule has 0 bridgehead atoms. The lowest BCUT2D eigenvalue weighted by Gasteiger charge is -2.32. The molecule has 1 fully saturated rings. The van der Waals surface area contributed by atoms with Gasteiger partial charge in [-0.05, 0) is 45.0 Å². The molecule has 1 aromatic rings. The summed E-state index contributed by atoms with van der Waals surface area (Å²) in [6, 6.07) is 6.01. The molecule has 1 aliphatic rings. The van der Waals surface area contributed by atoms with E-state index in [1.165, 1.54) is 12.8 Å². The quantitative estimate of drug-likeness (QED) is 0.816. The van der Waals surface area contributed by atoms with Crippen molar-refractivity contribution in [1.29, 1.82) is 0 Å². The van der Waals surface area contributed by atoms with Crippen LogP contribution in [0.3, 0.4) is 0 Å². The van der Waals surface area contributed by atoms with Crippen molar-refractivity contribution >= 4 is 11.6 Å². The van der Waals surface area contributed by atoms with Crippen LogP contribution >= 0.6 is 0 Å². The number of hydrogen-bond donors (Lipinski definition) is 2. The van der Waals surface area contributed by atoms with Gasteiger partial charge in [0.15, 0.2) is 0 Å². The molecule has 1 heterocycles. The second-order valence-corrected chi connectivity index (χ2v) is 5.38. The van der Waals surface area contributed by atoms with Crippen LogP contribution in [0.4, 0.5) is 5.69 Å². The van der Waals surface area contributed by atoms with Crippen LogP contribution in [0.2, 0.25) is 0 Å². The molecule has 2 rings (SSSR count). The molecule has 1 unspecified atom stereocenters. The molecule has 0 radical (unpaired) electrons. The monoisotopic (exact) mass is 261 g/mol. The molecular weight excluding hydrogens is 238 g/mol. The Bertz CT molecular complexity index is 438. The fourth-order valence-corrected chi connectivity index (χ4v) is 2.70. The molecule has 0 saturated carbocycles. The van der Waals surface area contributed by atoms with E-state index in [4.69, 9.17) is 5.73 Å². The SMILES string of the molecule is Cc1cccc(N)c1C(=O)NCC1CCCCN1C. The number of nitrogens with zero attached hydrogens (tertiary/aromatic N) is 1. The second kappa shape index (κ2) is 6.06. The Morgan fingerprint density at radius 2 is 2.26 bits per heavy atom. The van der Waals surface area contributed by atoms with E-state index in [-0.39, 0.29) is 5.91 Å². The summed E-state index contributed by atoms with van der Waals surface area (Å²) in [7, 11) is 2.12. The van der Waals surface area contributed by atoms with E-state index in [0.717, 1.165) is 18.5 Å². The molecule has 4 nitrogen and oxygen atoms in total. The molecule has 104 valence electrons. The van der Waals surface area contributed by atoms with E-state index in [9.17, 15) is 4.79 Å². The highest BCUT2D eigenvalue weighted by atomic mass is 16.1. The molecule has 4 heteroatoms. The number of benzene rings is 1. The number of hydrogen-bond acceptors (Lipinski definition) is 3. The van der Waals surface area contributed by atoms with Crippen molar-refractivity contribution in [1.82, 2.24) is 10.2 Å². The Morgan fingerprint density at radius 3 is 2.95 bits per heavy atom. The number of amides is 1. The van der Waals surface area contributed by atoms with Gasteiger partial charge in [-0.3, -0.25) is 4.79 Å². The minimum atomic E-state index is -0.0606. The zero-order valence-electron chi connectivity index (χ0n) is 11.8. The van der Waals surface area contributed by atoms with Gasteiger partial charge in [-0.15, -0.1) is 0 Å². The number of likely N-dealkylation sites (N-methyl/N-ethyl adjacent to an activating group) is 1. The van der Waals surface area contributed by atoms with Crippen molar-refractivity contribution in [2.24, 2.45) is 0 Å². The average Bonchev–Trinajstić information content (AvgIpc) is 2.37. The molecule has 1 aliphatic heterocycles. The summed E-state index contributed by atoms with van der Waals surface area (Å²) in [5.74, 6) is -0.0606. The summed E-state index contributed by atoms with van der Waals surface area (Å²) in [5, 5.41) is 3.02. The smallest absolute Gasteiger partial charge is 0.253 e. The zero-order valence-corrected chi connectivity index (χ0v) is 11.8. The van der Waals surface area contributed by atoms with E-state index in [1.54, 1.807) is 6.07 Å². The first kappa shape index (κ1) is 13.9. The summed E-state index contributed by atoms with van der Waals surface area (Å²) in [6.45, 7) is 3.73. The summed E-state index contributed by atoms with van der Waals surface area (Å²) in [4.78, 5) is 14.6. The van der Waals surface area contributed by atoms with Crippen LogP contribution in [-0.4, -0.2) is 37.0 Å². The Hall–Kier alpha value is -1.55. The zero-order chi connectivity index (χ0) is 13.8. The van der Waals surface area contributed by atoms with Crippen molar-refractivity contribution < 1.29 is 4.79 Å². The summed E-state index contributed by atoms with van der Waals surface area (Å²) < 4.78 is 0. The van der Waals surface area contributed by atoms with Crippen molar-refractivity contribution in [3.63, 3.8) is 0 Å². The third kappa shape index (κ3) is 3.26. The van der Waals surface area contributed by atoms with Crippen LogP contribution in [0.5, 0.6) is 0 Å². The highest BCUT2D eigenvalue weighted by Gasteiger charge is 2.20. The number of aryl methyl sites for hydroxylation is 1. The number of nitrogens with two attached hydrogens (primary N) is 1. The number of anilines is 1.